The van der Waals surface area contributed by atoms with Gasteiger partial charge in [-0.05, 0) is 5.92 Å². The fourth-order valence-corrected chi connectivity index (χ4v) is 1.61. The van der Waals surface area contributed by atoms with E-state index in [4.69, 9.17) is 0 Å². The highest BCUT2D eigenvalue weighted by Crippen LogP contribution is 2.09. The third-order valence-electron chi connectivity index (χ3n) is 1.84. The van der Waals surface area contributed by atoms with Gasteiger partial charge in [0.2, 0.25) is 0 Å². The lowest BCUT2D eigenvalue weighted by atomic mass is 10.2. The smallest absolute Gasteiger partial charge is 0.331 e. The van der Waals surface area contributed by atoms with Crippen molar-refractivity contribution >= 4 is 16.8 Å². The minimum Gasteiger partial charge on any atom is -0.466 e. The Labute approximate surface area is 81.6 Å². The van der Waals surface area contributed by atoms with Gasteiger partial charge >= 0.3 is 5.97 Å². The number of rotatable bonds is 4. The average Bonchev–Trinajstić information content (AvgIpc) is 2.11. The summed E-state index contributed by atoms with van der Waals surface area (Å²) in [5, 5.41) is 1.44. The molecule has 2 atom stereocenters. The Morgan fingerprint density at radius 3 is 2.31 bits per heavy atom. The lowest BCUT2D eigenvalue weighted by Crippen LogP contribution is -2.15. The zero-order valence-corrected chi connectivity index (χ0v) is 9.26. The highest BCUT2D eigenvalue weighted by molar-refractivity contribution is 7.88. The maximum atomic E-state index is 11.4. The molecule has 0 amide bonds. The predicted molar refractivity (Wildman–Crippen MR) is 53.6 cm³/mol. The fraction of sp³-hybridized carbons (Fsp3) is 0.667. The van der Waals surface area contributed by atoms with Crippen molar-refractivity contribution in [3.63, 3.8) is 0 Å². The molecule has 0 aliphatic rings. The minimum absolute atomic E-state index is 0.0564. The number of carbonyl (C=O) groups excluding carboxylic acids is 1. The second kappa shape index (κ2) is 5.91. The Morgan fingerprint density at radius 1 is 1.38 bits per heavy atom. The molecule has 0 heterocycles. The summed E-state index contributed by atoms with van der Waals surface area (Å²) in [6.45, 7) is 5.88. The van der Waals surface area contributed by atoms with Crippen molar-refractivity contribution in [3.05, 3.63) is 11.5 Å². The summed E-state index contributed by atoms with van der Waals surface area (Å²) < 4.78 is 15.8. The van der Waals surface area contributed by atoms with Crippen molar-refractivity contribution in [2.24, 2.45) is 5.92 Å². The lowest BCUT2D eigenvalue weighted by Gasteiger charge is -2.11. The highest BCUT2D eigenvalue weighted by Gasteiger charge is 2.12. The van der Waals surface area contributed by atoms with Crippen LogP contribution in [0, 0.1) is 5.92 Å². The summed E-state index contributed by atoms with van der Waals surface area (Å²) >= 11 is 0. The van der Waals surface area contributed by atoms with Crippen LogP contribution in [-0.4, -0.2) is 22.5 Å². The Morgan fingerprint density at radius 2 is 1.92 bits per heavy atom. The van der Waals surface area contributed by atoms with E-state index in [-0.39, 0.29) is 5.25 Å². The summed E-state index contributed by atoms with van der Waals surface area (Å²) in [6.07, 6.45) is 1.20. The van der Waals surface area contributed by atoms with Crippen LogP contribution < -0.4 is 0 Å². The van der Waals surface area contributed by atoms with E-state index < -0.39 is 16.8 Å². The van der Waals surface area contributed by atoms with Crippen LogP contribution in [0.25, 0.3) is 0 Å². The molecule has 0 aliphatic heterocycles. The minimum atomic E-state index is -1.10. The molecule has 76 valence electrons. The number of methoxy groups -OCH3 is 1. The van der Waals surface area contributed by atoms with Gasteiger partial charge in [-0.25, -0.2) is 4.79 Å². The normalized spacial score (nSPS) is 16.1. The molecule has 0 radical (unpaired) electrons. The van der Waals surface area contributed by atoms with Crippen LogP contribution in [0.15, 0.2) is 11.5 Å². The highest BCUT2D eigenvalue weighted by atomic mass is 32.2. The van der Waals surface area contributed by atoms with Gasteiger partial charge in [0, 0.05) is 27.5 Å². The van der Waals surface area contributed by atoms with Gasteiger partial charge in [0.1, 0.15) is 0 Å². The van der Waals surface area contributed by atoms with E-state index in [0.29, 0.717) is 5.92 Å². The second-order valence-corrected chi connectivity index (χ2v) is 4.78. The Hall–Kier alpha value is -0.640. The van der Waals surface area contributed by atoms with Gasteiger partial charge in [-0.15, -0.1) is 0 Å². The molecule has 0 aromatic carbocycles. The van der Waals surface area contributed by atoms with E-state index in [1.54, 1.807) is 0 Å². The van der Waals surface area contributed by atoms with E-state index in [9.17, 15) is 9.00 Å². The predicted octanol–water partition coefficient (Wildman–Crippen LogP) is 1.47. The first-order chi connectivity index (χ1) is 5.99. The van der Waals surface area contributed by atoms with Crippen LogP contribution in [0.4, 0.5) is 0 Å². The summed E-state index contributed by atoms with van der Waals surface area (Å²) in [4.78, 5) is 10.7. The lowest BCUT2D eigenvalue weighted by molar-refractivity contribution is -0.134. The quantitative estimate of drug-likeness (QED) is 0.514. The Bertz CT molecular complexity index is 221. The standard InChI is InChI=1S/C9H16O3S/c1-7(2)8(3)13(11)6-5-9(10)12-4/h5-8H,1-4H3/b6-5+. The topological polar surface area (TPSA) is 43.4 Å². The number of hydrogen-bond donors (Lipinski definition) is 0. The van der Waals surface area contributed by atoms with Gasteiger partial charge in [-0.1, -0.05) is 20.8 Å². The largest absolute Gasteiger partial charge is 0.466 e. The van der Waals surface area contributed by atoms with Crippen molar-refractivity contribution in [1.29, 1.82) is 0 Å². The molecule has 4 heteroatoms. The average molecular weight is 204 g/mol. The maximum Gasteiger partial charge on any atom is 0.331 e. The van der Waals surface area contributed by atoms with Gasteiger partial charge in [-0.3, -0.25) is 4.21 Å². The van der Waals surface area contributed by atoms with E-state index in [2.05, 4.69) is 4.74 Å². The van der Waals surface area contributed by atoms with Crippen molar-refractivity contribution < 1.29 is 13.7 Å². The first-order valence-corrected chi connectivity index (χ1v) is 5.42. The summed E-state index contributed by atoms with van der Waals surface area (Å²) in [6, 6.07) is 0. The number of carbonyl (C=O) groups is 1. The zero-order valence-electron chi connectivity index (χ0n) is 8.44. The number of ether oxygens (including phenoxy) is 1. The number of hydrogen-bond acceptors (Lipinski definition) is 3. The molecule has 0 aromatic heterocycles. The van der Waals surface area contributed by atoms with Crippen LogP contribution in [0.5, 0.6) is 0 Å². The summed E-state index contributed by atoms with van der Waals surface area (Å²) in [5.74, 6) is -0.132. The molecule has 3 nitrogen and oxygen atoms in total. The van der Waals surface area contributed by atoms with Crippen LogP contribution in [0.2, 0.25) is 0 Å². The van der Waals surface area contributed by atoms with Crippen molar-refractivity contribution in [1.82, 2.24) is 0 Å². The molecule has 0 N–H and O–H groups in total. The molecule has 0 fully saturated rings. The molecule has 0 rings (SSSR count). The van der Waals surface area contributed by atoms with E-state index in [0.717, 1.165) is 0 Å². The molecular formula is C9H16O3S. The monoisotopic (exact) mass is 204 g/mol. The zero-order chi connectivity index (χ0) is 10.4. The first-order valence-electron chi connectivity index (χ1n) is 4.14. The third-order valence-corrected chi connectivity index (χ3v) is 3.53. The third kappa shape index (κ3) is 4.83. The molecule has 0 aromatic rings. The van der Waals surface area contributed by atoms with Crippen LogP contribution in [0.1, 0.15) is 20.8 Å². The van der Waals surface area contributed by atoms with Crippen molar-refractivity contribution in [2.75, 3.05) is 7.11 Å². The van der Waals surface area contributed by atoms with Gasteiger partial charge in [-0.2, -0.15) is 0 Å². The molecule has 0 saturated carbocycles. The van der Waals surface area contributed by atoms with Gasteiger partial charge in [0.15, 0.2) is 0 Å². The van der Waals surface area contributed by atoms with E-state index >= 15 is 0 Å². The van der Waals surface area contributed by atoms with Gasteiger partial charge in [0.05, 0.1) is 7.11 Å². The molecular weight excluding hydrogens is 188 g/mol. The fourth-order valence-electron chi connectivity index (χ4n) is 0.583. The molecule has 13 heavy (non-hydrogen) atoms. The second-order valence-electron chi connectivity index (χ2n) is 3.10. The first kappa shape index (κ1) is 12.4. The molecule has 0 aliphatic carbocycles. The molecule has 2 unspecified atom stereocenters. The van der Waals surface area contributed by atoms with E-state index in [1.807, 2.05) is 20.8 Å². The Kier molecular flexibility index (Phi) is 5.62. The molecule has 0 spiro atoms. The molecule has 0 saturated heterocycles. The summed E-state index contributed by atoms with van der Waals surface area (Å²) in [7, 11) is 0.195. The van der Waals surface area contributed by atoms with Crippen molar-refractivity contribution in [2.45, 2.75) is 26.0 Å². The Balaban J connectivity index is 4.15. The van der Waals surface area contributed by atoms with Crippen molar-refractivity contribution in [3.8, 4) is 0 Å². The summed E-state index contributed by atoms with van der Waals surface area (Å²) in [5.41, 5.74) is 0. The molecule has 0 bridgehead atoms. The van der Waals surface area contributed by atoms with Gasteiger partial charge < -0.3 is 4.74 Å². The van der Waals surface area contributed by atoms with Gasteiger partial charge in [0.25, 0.3) is 0 Å². The van der Waals surface area contributed by atoms with Crippen LogP contribution >= 0.6 is 0 Å². The number of esters is 1. The SMILES string of the molecule is COC(=O)/C=C/S(=O)C(C)C(C)C. The van der Waals surface area contributed by atoms with Crippen LogP contribution in [0.3, 0.4) is 0 Å². The van der Waals surface area contributed by atoms with E-state index in [1.165, 1.54) is 18.6 Å². The maximum absolute atomic E-state index is 11.4. The van der Waals surface area contributed by atoms with Crippen LogP contribution in [-0.2, 0) is 20.3 Å².